The summed E-state index contributed by atoms with van der Waals surface area (Å²) >= 11 is 0. The van der Waals surface area contributed by atoms with Crippen LogP contribution < -0.4 is 5.73 Å². The van der Waals surface area contributed by atoms with E-state index in [1.807, 2.05) is 0 Å². The lowest BCUT2D eigenvalue weighted by molar-refractivity contribution is 0.0561. The van der Waals surface area contributed by atoms with Crippen LogP contribution >= 0.6 is 0 Å². The Morgan fingerprint density at radius 1 is 1.38 bits per heavy atom. The smallest absolute Gasteiger partial charge is 0.373 e. The number of esters is 1. The minimum absolute atomic E-state index is 0.196. The molecule has 0 saturated carbocycles. The summed E-state index contributed by atoms with van der Waals surface area (Å²) in [5.74, 6) is 1.10. The molecule has 16 heavy (non-hydrogen) atoms. The third kappa shape index (κ3) is 2.64. The molecule has 0 aliphatic heterocycles. The van der Waals surface area contributed by atoms with Crippen molar-refractivity contribution in [3.63, 3.8) is 0 Å². The standard InChI is InChI=1S/C12H19NO3/c1-7(2)8(3)11(13)9-5-6-10(16-9)12(14)15-4/h5-8,11H,13H2,1-4H3. The highest BCUT2D eigenvalue weighted by Crippen LogP contribution is 2.26. The number of hydrogen-bond acceptors (Lipinski definition) is 4. The van der Waals surface area contributed by atoms with Crippen LogP contribution in [0.15, 0.2) is 16.5 Å². The molecule has 90 valence electrons. The van der Waals surface area contributed by atoms with Gasteiger partial charge in [-0.3, -0.25) is 0 Å². The van der Waals surface area contributed by atoms with Gasteiger partial charge in [-0.15, -0.1) is 0 Å². The lowest BCUT2D eigenvalue weighted by Gasteiger charge is -2.21. The second-order valence-electron chi connectivity index (χ2n) is 4.32. The Hall–Kier alpha value is -1.29. The number of ether oxygens (including phenoxy) is 1. The molecule has 1 aromatic heterocycles. The monoisotopic (exact) mass is 225 g/mol. The molecule has 4 nitrogen and oxygen atoms in total. The first kappa shape index (κ1) is 12.8. The predicted octanol–water partition coefficient (Wildman–Crippen LogP) is 2.36. The zero-order chi connectivity index (χ0) is 12.3. The van der Waals surface area contributed by atoms with E-state index < -0.39 is 5.97 Å². The summed E-state index contributed by atoms with van der Waals surface area (Å²) in [5.41, 5.74) is 6.05. The summed E-state index contributed by atoms with van der Waals surface area (Å²) in [4.78, 5) is 11.2. The zero-order valence-corrected chi connectivity index (χ0v) is 10.2. The molecule has 1 aromatic rings. The molecule has 0 aromatic carbocycles. The van der Waals surface area contributed by atoms with Gasteiger partial charge < -0.3 is 14.9 Å². The molecule has 0 amide bonds. The van der Waals surface area contributed by atoms with E-state index >= 15 is 0 Å². The average Bonchev–Trinajstić information content (AvgIpc) is 2.75. The molecular weight excluding hydrogens is 206 g/mol. The van der Waals surface area contributed by atoms with Crippen LogP contribution in [0, 0.1) is 11.8 Å². The van der Waals surface area contributed by atoms with E-state index in [0.717, 1.165) is 0 Å². The normalized spacial score (nSPS) is 14.9. The first-order chi connectivity index (χ1) is 7.47. The average molecular weight is 225 g/mol. The summed E-state index contributed by atoms with van der Waals surface area (Å²) in [6.07, 6.45) is 0. The van der Waals surface area contributed by atoms with Crippen LogP contribution in [-0.2, 0) is 4.74 Å². The Bertz CT molecular complexity index is 357. The second-order valence-corrected chi connectivity index (χ2v) is 4.32. The van der Waals surface area contributed by atoms with Crippen molar-refractivity contribution in [2.45, 2.75) is 26.8 Å². The van der Waals surface area contributed by atoms with Gasteiger partial charge in [-0.1, -0.05) is 20.8 Å². The molecule has 4 heteroatoms. The number of nitrogens with two attached hydrogens (primary N) is 1. The van der Waals surface area contributed by atoms with Crippen molar-refractivity contribution in [3.05, 3.63) is 23.7 Å². The van der Waals surface area contributed by atoms with Gasteiger partial charge in [0.1, 0.15) is 5.76 Å². The van der Waals surface area contributed by atoms with Crippen LogP contribution in [0.2, 0.25) is 0 Å². The number of carbonyl (C=O) groups is 1. The second kappa shape index (κ2) is 5.16. The highest BCUT2D eigenvalue weighted by Gasteiger charge is 2.22. The van der Waals surface area contributed by atoms with Crippen molar-refractivity contribution < 1.29 is 13.9 Å². The number of hydrogen-bond donors (Lipinski definition) is 1. The number of rotatable bonds is 4. The van der Waals surface area contributed by atoms with Crippen LogP contribution in [0.25, 0.3) is 0 Å². The van der Waals surface area contributed by atoms with Crippen LogP contribution in [-0.4, -0.2) is 13.1 Å². The molecule has 0 radical (unpaired) electrons. The summed E-state index contributed by atoms with van der Waals surface area (Å²) in [5, 5.41) is 0. The van der Waals surface area contributed by atoms with E-state index in [1.54, 1.807) is 12.1 Å². The summed E-state index contributed by atoms with van der Waals surface area (Å²) in [6.45, 7) is 6.28. The van der Waals surface area contributed by atoms with Gasteiger partial charge in [0.15, 0.2) is 0 Å². The molecule has 0 aliphatic rings. The molecular formula is C12H19NO3. The first-order valence-corrected chi connectivity index (χ1v) is 5.41. The largest absolute Gasteiger partial charge is 0.463 e. The van der Waals surface area contributed by atoms with Crippen LogP contribution in [0.1, 0.15) is 43.1 Å². The van der Waals surface area contributed by atoms with Crippen LogP contribution in [0.4, 0.5) is 0 Å². The predicted molar refractivity (Wildman–Crippen MR) is 61.0 cm³/mol. The molecule has 0 bridgehead atoms. The van der Waals surface area contributed by atoms with E-state index in [1.165, 1.54) is 7.11 Å². The topological polar surface area (TPSA) is 65.5 Å². The fourth-order valence-electron chi connectivity index (χ4n) is 1.42. The van der Waals surface area contributed by atoms with Gasteiger partial charge >= 0.3 is 5.97 Å². The van der Waals surface area contributed by atoms with Gasteiger partial charge in [0.05, 0.1) is 13.2 Å². The van der Waals surface area contributed by atoms with E-state index in [-0.39, 0.29) is 17.7 Å². The molecule has 0 spiro atoms. The maximum atomic E-state index is 11.2. The van der Waals surface area contributed by atoms with Crippen molar-refractivity contribution in [2.24, 2.45) is 17.6 Å². The summed E-state index contributed by atoms with van der Waals surface area (Å²) in [6, 6.07) is 3.13. The van der Waals surface area contributed by atoms with Crippen molar-refractivity contribution >= 4 is 5.97 Å². The number of carbonyl (C=O) groups excluding carboxylic acids is 1. The quantitative estimate of drug-likeness (QED) is 0.799. The molecule has 2 N–H and O–H groups in total. The minimum Gasteiger partial charge on any atom is -0.463 e. The van der Waals surface area contributed by atoms with Crippen molar-refractivity contribution in [1.82, 2.24) is 0 Å². The number of methoxy groups -OCH3 is 1. The zero-order valence-electron chi connectivity index (χ0n) is 10.2. The molecule has 1 rings (SSSR count). The third-order valence-corrected chi connectivity index (χ3v) is 2.96. The first-order valence-electron chi connectivity index (χ1n) is 5.41. The molecule has 2 atom stereocenters. The fraction of sp³-hybridized carbons (Fsp3) is 0.583. The Morgan fingerprint density at radius 3 is 2.50 bits per heavy atom. The Morgan fingerprint density at radius 2 is 2.00 bits per heavy atom. The highest BCUT2D eigenvalue weighted by atomic mass is 16.5. The van der Waals surface area contributed by atoms with E-state index in [4.69, 9.17) is 10.2 Å². The fourth-order valence-corrected chi connectivity index (χ4v) is 1.42. The molecule has 1 heterocycles. The van der Waals surface area contributed by atoms with Crippen molar-refractivity contribution in [1.29, 1.82) is 0 Å². The van der Waals surface area contributed by atoms with Gasteiger partial charge in [-0.2, -0.15) is 0 Å². The van der Waals surface area contributed by atoms with Crippen molar-refractivity contribution in [3.8, 4) is 0 Å². The van der Waals surface area contributed by atoms with Crippen LogP contribution in [0.5, 0.6) is 0 Å². The number of furan rings is 1. The van der Waals surface area contributed by atoms with Gasteiger partial charge in [-0.05, 0) is 24.0 Å². The maximum absolute atomic E-state index is 11.2. The Kier molecular flexibility index (Phi) is 4.12. The molecule has 0 aliphatic carbocycles. The lowest BCUT2D eigenvalue weighted by Crippen LogP contribution is -2.22. The van der Waals surface area contributed by atoms with E-state index in [2.05, 4.69) is 25.5 Å². The van der Waals surface area contributed by atoms with Gasteiger partial charge in [-0.25, -0.2) is 4.79 Å². The van der Waals surface area contributed by atoms with Crippen molar-refractivity contribution in [2.75, 3.05) is 7.11 Å². The maximum Gasteiger partial charge on any atom is 0.373 e. The van der Waals surface area contributed by atoms with E-state index in [0.29, 0.717) is 11.7 Å². The SMILES string of the molecule is COC(=O)c1ccc(C(N)C(C)C(C)C)o1. The van der Waals surface area contributed by atoms with Gasteiger partial charge in [0, 0.05) is 0 Å². The lowest BCUT2D eigenvalue weighted by atomic mass is 9.90. The van der Waals surface area contributed by atoms with Gasteiger partial charge in [0.25, 0.3) is 0 Å². The Balaban J connectivity index is 2.81. The highest BCUT2D eigenvalue weighted by molar-refractivity contribution is 5.86. The third-order valence-electron chi connectivity index (χ3n) is 2.96. The summed E-state index contributed by atoms with van der Waals surface area (Å²) < 4.78 is 9.93. The minimum atomic E-state index is -0.476. The van der Waals surface area contributed by atoms with Crippen LogP contribution in [0.3, 0.4) is 0 Å². The molecule has 2 unspecified atom stereocenters. The summed E-state index contributed by atoms with van der Waals surface area (Å²) in [7, 11) is 1.32. The molecule has 0 fully saturated rings. The molecule has 0 saturated heterocycles. The Labute approximate surface area is 95.8 Å². The van der Waals surface area contributed by atoms with E-state index in [9.17, 15) is 4.79 Å². The van der Waals surface area contributed by atoms with Gasteiger partial charge in [0.2, 0.25) is 5.76 Å².